The van der Waals surface area contributed by atoms with E-state index in [1.807, 2.05) is 4.90 Å². The van der Waals surface area contributed by atoms with Crippen LogP contribution in [0, 0.1) is 6.92 Å². The summed E-state index contributed by atoms with van der Waals surface area (Å²) in [7, 11) is 0. The van der Waals surface area contributed by atoms with E-state index in [0.29, 0.717) is 18.9 Å². The minimum atomic E-state index is 0.293. The highest BCUT2D eigenvalue weighted by Crippen LogP contribution is 2.22. The third kappa shape index (κ3) is 5.15. The standard InChI is InChI=1S/C20H33N3O/c1-4-22(5-2)18-10-11-19(17(3)16-18)21-13-12-20(24)23-14-8-6-7-9-15-23/h10-11,16,21H,4-9,12-15H2,1-3H3. The van der Waals surface area contributed by atoms with Gasteiger partial charge in [0.25, 0.3) is 0 Å². The molecular formula is C20H33N3O. The van der Waals surface area contributed by atoms with Crippen LogP contribution in [0.3, 0.4) is 0 Å². The fourth-order valence-electron chi connectivity index (χ4n) is 3.41. The average Bonchev–Trinajstić information content (AvgIpc) is 2.87. The summed E-state index contributed by atoms with van der Waals surface area (Å²) in [6.07, 6.45) is 5.42. The van der Waals surface area contributed by atoms with Crippen molar-refractivity contribution < 1.29 is 4.79 Å². The summed E-state index contributed by atoms with van der Waals surface area (Å²) in [6, 6.07) is 6.53. The van der Waals surface area contributed by atoms with Crippen molar-refractivity contribution in [3.63, 3.8) is 0 Å². The zero-order valence-corrected chi connectivity index (χ0v) is 15.6. The molecule has 1 N–H and O–H groups in total. The molecule has 4 nitrogen and oxygen atoms in total. The van der Waals surface area contributed by atoms with E-state index in [-0.39, 0.29) is 0 Å². The Balaban J connectivity index is 1.84. The van der Waals surface area contributed by atoms with Crippen LogP contribution in [0.4, 0.5) is 11.4 Å². The van der Waals surface area contributed by atoms with Gasteiger partial charge in [-0.25, -0.2) is 0 Å². The summed E-state index contributed by atoms with van der Waals surface area (Å²) in [5.41, 5.74) is 3.64. The van der Waals surface area contributed by atoms with Gasteiger partial charge < -0.3 is 15.1 Å². The van der Waals surface area contributed by atoms with E-state index in [9.17, 15) is 4.79 Å². The van der Waals surface area contributed by atoms with Gasteiger partial charge in [0, 0.05) is 50.5 Å². The number of benzene rings is 1. The molecule has 1 heterocycles. The Kier molecular flexibility index (Phi) is 7.41. The number of hydrogen-bond acceptors (Lipinski definition) is 3. The van der Waals surface area contributed by atoms with Gasteiger partial charge in [0.2, 0.25) is 5.91 Å². The first-order chi connectivity index (χ1) is 11.7. The van der Waals surface area contributed by atoms with Crippen molar-refractivity contribution in [2.24, 2.45) is 0 Å². The fraction of sp³-hybridized carbons (Fsp3) is 0.650. The van der Waals surface area contributed by atoms with Gasteiger partial charge in [-0.05, 0) is 57.4 Å². The quantitative estimate of drug-likeness (QED) is 0.819. The first kappa shape index (κ1) is 18.6. The monoisotopic (exact) mass is 331 g/mol. The van der Waals surface area contributed by atoms with Crippen LogP contribution >= 0.6 is 0 Å². The van der Waals surface area contributed by atoms with Gasteiger partial charge in [0.05, 0.1) is 0 Å². The summed E-state index contributed by atoms with van der Waals surface area (Å²) in [5.74, 6) is 0.293. The van der Waals surface area contributed by atoms with Crippen molar-refractivity contribution in [2.45, 2.75) is 52.9 Å². The lowest BCUT2D eigenvalue weighted by molar-refractivity contribution is -0.130. The lowest BCUT2D eigenvalue weighted by atomic mass is 10.1. The van der Waals surface area contributed by atoms with Gasteiger partial charge in [0.15, 0.2) is 0 Å². The highest BCUT2D eigenvalue weighted by Gasteiger charge is 2.15. The Morgan fingerprint density at radius 3 is 2.38 bits per heavy atom. The van der Waals surface area contributed by atoms with Gasteiger partial charge in [-0.1, -0.05) is 12.8 Å². The van der Waals surface area contributed by atoms with Crippen LogP contribution in [0.2, 0.25) is 0 Å². The summed E-state index contributed by atoms with van der Waals surface area (Å²) < 4.78 is 0. The summed E-state index contributed by atoms with van der Waals surface area (Å²) in [6.45, 7) is 11.1. The molecule has 1 aromatic carbocycles. The molecule has 1 aliphatic heterocycles. The molecule has 1 saturated heterocycles. The SMILES string of the molecule is CCN(CC)c1ccc(NCCC(=O)N2CCCCCC2)c(C)c1. The van der Waals surface area contributed by atoms with Crippen LogP contribution in [0.15, 0.2) is 18.2 Å². The fourth-order valence-corrected chi connectivity index (χ4v) is 3.41. The molecule has 0 spiro atoms. The number of likely N-dealkylation sites (tertiary alicyclic amines) is 1. The molecule has 0 atom stereocenters. The second-order valence-electron chi connectivity index (χ2n) is 6.64. The van der Waals surface area contributed by atoms with Gasteiger partial charge in [-0.3, -0.25) is 4.79 Å². The Labute approximate surface area is 147 Å². The van der Waals surface area contributed by atoms with Crippen LogP contribution in [-0.2, 0) is 4.79 Å². The average molecular weight is 332 g/mol. The molecular weight excluding hydrogens is 298 g/mol. The molecule has 0 unspecified atom stereocenters. The molecule has 2 rings (SSSR count). The molecule has 0 aliphatic carbocycles. The number of hydrogen-bond donors (Lipinski definition) is 1. The molecule has 1 aromatic rings. The van der Waals surface area contributed by atoms with Crippen LogP contribution < -0.4 is 10.2 Å². The van der Waals surface area contributed by atoms with E-state index in [0.717, 1.165) is 44.7 Å². The predicted molar refractivity (Wildman–Crippen MR) is 103 cm³/mol. The molecule has 0 aromatic heterocycles. The molecule has 4 heteroatoms. The summed E-state index contributed by atoms with van der Waals surface area (Å²) in [5, 5.41) is 3.43. The molecule has 24 heavy (non-hydrogen) atoms. The van der Waals surface area contributed by atoms with Crippen LogP contribution in [-0.4, -0.2) is 43.5 Å². The molecule has 1 fully saturated rings. The Morgan fingerprint density at radius 2 is 1.79 bits per heavy atom. The Hall–Kier alpha value is -1.71. The highest BCUT2D eigenvalue weighted by atomic mass is 16.2. The normalized spacial score (nSPS) is 15.0. The molecule has 134 valence electrons. The van der Waals surface area contributed by atoms with Gasteiger partial charge in [0.1, 0.15) is 0 Å². The van der Waals surface area contributed by atoms with Crippen molar-refractivity contribution >= 4 is 17.3 Å². The first-order valence-electron chi connectivity index (χ1n) is 9.53. The smallest absolute Gasteiger partial charge is 0.224 e. The van der Waals surface area contributed by atoms with Crippen LogP contribution in [0.1, 0.15) is 51.5 Å². The Morgan fingerprint density at radius 1 is 1.12 bits per heavy atom. The maximum atomic E-state index is 12.3. The first-order valence-corrected chi connectivity index (χ1v) is 9.53. The van der Waals surface area contributed by atoms with Gasteiger partial charge in [-0.15, -0.1) is 0 Å². The highest BCUT2D eigenvalue weighted by molar-refractivity contribution is 5.76. The van der Waals surface area contributed by atoms with Crippen molar-refractivity contribution in [3.8, 4) is 0 Å². The van der Waals surface area contributed by atoms with E-state index in [1.54, 1.807) is 0 Å². The number of nitrogens with one attached hydrogen (secondary N) is 1. The van der Waals surface area contributed by atoms with Crippen LogP contribution in [0.25, 0.3) is 0 Å². The predicted octanol–water partition coefficient (Wildman–Crippen LogP) is 4.05. The molecule has 0 bridgehead atoms. The van der Waals surface area contributed by atoms with Crippen LogP contribution in [0.5, 0.6) is 0 Å². The number of aryl methyl sites for hydroxylation is 1. The lowest BCUT2D eigenvalue weighted by Crippen LogP contribution is -2.32. The summed E-state index contributed by atoms with van der Waals surface area (Å²) >= 11 is 0. The number of amides is 1. The van der Waals surface area contributed by atoms with Crippen molar-refractivity contribution in [1.29, 1.82) is 0 Å². The van der Waals surface area contributed by atoms with Crippen molar-refractivity contribution in [1.82, 2.24) is 4.90 Å². The molecule has 1 aliphatic rings. The molecule has 1 amide bonds. The maximum absolute atomic E-state index is 12.3. The summed E-state index contributed by atoms with van der Waals surface area (Å²) in [4.78, 5) is 16.7. The lowest BCUT2D eigenvalue weighted by Gasteiger charge is -2.23. The van der Waals surface area contributed by atoms with E-state index in [1.165, 1.54) is 24.1 Å². The van der Waals surface area contributed by atoms with E-state index >= 15 is 0 Å². The Bertz CT molecular complexity index is 518. The number of rotatable bonds is 7. The molecule has 0 saturated carbocycles. The second kappa shape index (κ2) is 9.55. The number of nitrogens with zero attached hydrogens (tertiary/aromatic N) is 2. The largest absolute Gasteiger partial charge is 0.384 e. The maximum Gasteiger partial charge on any atom is 0.224 e. The third-order valence-electron chi connectivity index (χ3n) is 4.95. The van der Waals surface area contributed by atoms with Crippen molar-refractivity contribution in [2.75, 3.05) is 42.9 Å². The third-order valence-corrected chi connectivity index (χ3v) is 4.95. The molecule has 0 radical (unpaired) electrons. The number of carbonyl (C=O) groups excluding carboxylic acids is 1. The van der Waals surface area contributed by atoms with Crippen molar-refractivity contribution in [3.05, 3.63) is 23.8 Å². The minimum Gasteiger partial charge on any atom is -0.384 e. The topological polar surface area (TPSA) is 35.6 Å². The zero-order valence-electron chi connectivity index (χ0n) is 15.6. The van der Waals surface area contributed by atoms with E-state index in [2.05, 4.69) is 49.2 Å². The van der Waals surface area contributed by atoms with E-state index < -0.39 is 0 Å². The second-order valence-corrected chi connectivity index (χ2v) is 6.64. The zero-order chi connectivity index (χ0) is 17.4. The number of carbonyl (C=O) groups is 1. The minimum absolute atomic E-state index is 0.293. The van der Waals surface area contributed by atoms with Gasteiger partial charge in [-0.2, -0.15) is 0 Å². The van der Waals surface area contributed by atoms with Gasteiger partial charge >= 0.3 is 0 Å². The number of anilines is 2. The van der Waals surface area contributed by atoms with E-state index in [4.69, 9.17) is 0 Å².